The zero-order valence-corrected chi connectivity index (χ0v) is 10.8. The molecule has 1 atom stereocenters. The first-order valence-corrected chi connectivity index (χ1v) is 6.02. The Kier molecular flexibility index (Phi) is 4.32. The molecule has 1 unspecified atom stereocenters. The fourth-order valence-corrected chi connectivity index (χ4v) is 2.08. The molecule has 1 heterocycles. The van der Waals surface area contributed by atoms with Crippen molar-refractivity contribution in [1.29, 1.82) is 0 Å². The average molecular weight is 274 g/mol. The Morgan fingerprint density at radius 2 is 2.33 bits per heavy atom. The number of carbonyl (C=O) groups excluding carboxylic acids is 1. The lowest BCUT2D eigenvalue weighted by atomic mass is 10.1. The minimum absolute atomic E-state index is 0.0683. The molecule has 1 aromatic rings. The Balaban J connectivity index is 2.62. The van der Waals surface area contributed by atoms with E-state index in [1.54, 1.807) is 24.1 Å². The molecule has 0 saturated carbocycles. The number of alkyl halides is 1. The number of halogens is 1. The number of hydrogen-bond acceptors (Lipinski definition) is 2. The molecule has 4 nitrogen and oxygen atoms in total. The van der Waals surface area contributed by atoms with E-state index in [4.69, 9.17) is 0 Å². The van der Waals surface area contributed by atoms with Gasteiger partial charge in [0.05, 0.1) is 11.8 Å². The highest BCUT2D eigenvalue weighted by molar-refractivity contribution is 9.09. The van der Waals surface area contributed by atoms with Gasteiger partial charge in [-0.3, -0.25) is 9.48 Å². The maximum atomic E-state index is 11.7. The highest BCUT2D eigenvalue weighted by atomic mass is 79.9. The minimum atomic E-state index is -0.0683. The van der Waals surface area contributed by atoms with Gasteiger partial charge < -0.3 is 5.32 Å². The molecule has 0 fully saturated rings. The predicted octanol–water partition coefficient (Wildman–Crippen LogP) is 1.57. The summed E-state index contributed by atoms with van der Waals surface area (Å²) in [6, 6.07) is 0.151. The number of rotatable bonds is 4. The van der Waals surface area contributed by atoms with E-state index in [1.807, 2.05) is 0 Å². The van der Waals surface area contributed by atoms with Crippen molar-refractivity contribution in [2.75, 3.05) is 5.33 Å². The molecule has 1 rings (SSSR count). The second-order valence-corrected chi connectivity index (χ2v) is 4.53. The number of amides is 1. The molecular formula is C10H16BrN3O. The third kappa shape index (κ3) is 3.34. The average Bonchev–Trinajstić information content (AvgIpc) is 2.60. The first kappa shape index (κ1) is 12.2. The molecule has 15 heavy (non-hydrogen) atoms. The van der Waals surface area contributed by atoms with Crippen LogP contribution < -0.4 is 5.32 Å². The van der Waals surface area contributed by atoms with Crippen LogP contribution in [0, 0.1) is 5.92 Å². The summed E-state index contributed by atoms with van der Waals surface area (Å²) in [4.78, 5) is 11.7. The van der Waals surface area contributed by atoms with Crippen LogP contribution >= 0.6 is 15.9 Å². The highest BCUT2D eigenvalue weighted by Crippen LogP contribution is 2.06. The lowest BCUT2D eigenvalue weighted by Crippen LogP contribution is -2.39. The summed E-state index contributed by atoms with van der Waals surface area (Å²) >= 11 is 3.39. The van der Waals surface area contributed by atoms with Gasteiger partial charge in [-0.2, -0.15) is 5.10 Å². The lowest BCUT2D eigenvalue weighted by Gasteiger charge is -2.19. The summed E-state index contributed by atoms with van der Waals surface area (Å²) in [6.45, 7) is 4.16. The van der Waals surface area contributed by atoms with Crippen molar-refractivity contribution < 1.29 is 4.79 Å². The largest absolute Gasteiger partial charge is 0.348 e. The van der Waals surface area contributed by atoms with Crippen molar-refractivity contribution in [2.45, 2.75) is 19.9 Å². The summed E-state index contributed by atoms with van der Waals surface area (Å²) in [5.41, 5.74) is 0.601. The van der Waals surface area contributed by atoms with E-state index in [1.165, 1.54) is 0 Å². The van der Waals surface area contributed by atoms with E-state index in [-0.39, 0.29) is 11.9 Å². The molecule has 1 aromatic heterocycles. The number of aromatic nitrogens is 2. The fraction of sp³-hybridized carbons (Fsp3) is 0.600. The highest BCUT2D eigenvalue weighted by Gasteiger charge is 2.16. The Hall–Kier alpha value is -0.840. The van der Waals surface area contributed by atoms with E-state index in [0.29, 0.717) is 11.5 Å². The molecular weight excluding hydrogens is 258 g/mol. The van der Waals surface area contributed by atoms with Gasteiger partial charge in [-0.05, 0) is 5.92 Å². The van der Waals surface area contributed by atoms with Gasteiger partial charge in [0.1, 0.15) is 0 Å². The number of aryl methyl sites for hydroxylation is 1. The molecule has 0 aliphatic carbocycles. The summed E-state index contributed by atoms with van der Waals surface area (Å²) in [7, 11) is 1.79. The number of nitrogens with zero attached hydrogens (tertiary/aromatic N) is 2. The topological polar surface area (TPSA) is 46.9 Å². The fourth-order valence-electron chi connectivity index (χ4n) is 1.17. The zero-order chi connectivity index (χ0) is 11.4. The molecule has 0 saturated heterocycles. The Labute approximate surface area is 98.2 Å². The zero-order valence-electron chi connectivity index (χ0n) is 9.20. The number of hydrogen-bond donors (Lipinski definition) is 1. The monoisotopic (exact) mass is 273 g/mol. The summed E-state index contributed by atoms with van der Waals surface area (Å²) in [6.07, 6.45) is 3.28. The molecule has 84 valence electrons. The van der Waals surface area contributed by atoms with E-state index in [2.05, 4.69) is 40.2 Å². The first-order chi connectivity index (χ1) is 7.04. The van der Waals surface area contributed by atoms with Crippen LogP contribution in [0.4, 0.5) is 0 Å². The Bertz CT molecular complexity index is 335. The molecule has 5 heteroatoms. The lowest BCUT2D eigenvalue weighted by molar-refractivity contribution is 0.0931. The van der Waals surface area contributed by atoms with Gasteiger partial charge in [0.25, 0.3) is 5.91 Å². The Morgan fingerprint density at radius 1 is 1.67 bits per heavy atom. The summed E-state index contributed by atoms with van der Waals surface area (Å²) in [5, 5.41) is 7.68. The van der Waals surface area contributed by atoms with Gasteiger partial charge in [-0.1, -0.05) is 29.8 Å². The van der Waals surface area contributed by atoms with Gasteiger partial charge >= 0.3 is 0 Å². The van der Waals surface area contributed by atoms with Gasteiger partial charge in [-0.15, -0.1) is 0 Å². The standard InChI is InChI=1S/C10H16BrN3O/c1-7(2)9(4-11)13-10(15)8-5-12-14(3)6-8/h5-7,9H,4H2,1-3H3,(H,13,15). The van der Waals surface area contributed by atoms with Crippen molar-refractivity contribution in [3.05, 3.63) is 18.0 Å². The van der Waals surface area contributed by atoms with Gasteiger partial charge in [0, 0.05) is 24.6 Å². The molecule has 1 N–H and O–H groups in total. The van der Waals surface area contributed by atoms with Crippen molar-refractivity contribution in [3.63, 3.8) is 0 Å². The third-order valence-electron chi connectivity index (χ3n) is 2.25. The predicted molar refractivity (Wildman–Crippen MR) is 63.1 cm³/mol. The van der Waals surface area contributed by atoms with Crippen LogP contribution in [0.5, 0.6) is 0 Å². The SMILES string of the molecule is CC(C)C(CBr)NC(=O)c1cnn(C)c1. The van der Waals surface area contributed by atoms with Gasteiger partial charge in [0.2, 0.25) is 0 Å². The quantitative estimate of drug-likeness (QED) is 0.847. The molecule has 0 aliphatic rings. The normalized spacial score (nSPS) is 12.9. The van der Waals surface area contributed by atoms with E-state index in [0.717, 1.165) is 5.33 Å². The van der Waals surface area contributed by atoms with Crippen LogP contribution in [-0.4, -0.2) is 27.1 Å². The maximum Gasteiger partial charge on any atom is 0.254 e. The van der Waals surface area contributed by atoms with Crippen LogP contribution in [0.15, 0.2) is 12.4 Å². The van der Waals surface area contributed by atoms with Crippen LogP contribution in [0.3, 0.4) is 0 Å². The molecule has 0 aromatic carbocycles. The van der Waals surface area contributed by atoms with E-state index in [9.17, 15) is 4.79 Å². The van der Waals surface area contributed by atoms with Crippen LogP contribution in [0.25, 0.3) is 0 Å². The van der Waals surface area contributed by atoms with Gasteiger partial charge in [0.15, 0.2) is 0 Å². The smallest absolute Gasteiger partial charge is 0.254 e. The van der Waals surface area contributed by atoms with Gasteiger partial charge in [-0.25, -0.2) is 0 Å². The van der Waals surface area contributed by atoms with Crippen LogP contribution in [-0.2, 0) is 7.05 Å². The van der Waals surface area contributed by atoms with E-state index >= 15 is 0 Å². The number of carbonyl (C=O) groups is 1. The summed E-state index contributed by atoms with van der Waals surface area (Å²) in [5.74, 6) is 0.339. The molecule has 0 bridgehead atoms. The number of nitrogens with one attached hydrogen (secondary N) is 1. The molecule has 1 amide bonds. The van der Waals surface area contributed by atoms with E-state index < -0.39 is 0 Å². The minimum Gasteiger partial charge on any atom is -0.348 e. The van der Waals surface area contributed by atoms with Crippen molar-refractivity contribution in [3.8, 4) is 0 Å². The molecule has 0 radical (unpaired) electrons. The first-order valence-electron chi connectivity index (χ1n) is 4.90. The van der Waals surface area contributed by atoms with Crippen LogP contribution in [0.1, 0.15) is 24.2 Å². The molecule has 0 aliphatic heterocycles. The second-order valence-electron chi connectivity index (χ2n) is 3.88. The van der Waals surface area contributed by atoms with Crippen molar-refractivity contribution in [1.82, 2.24) is 15.1 Å². The summed E-state index contributed by atoms with van der Waals surface area (Å²) < 4.78 is 1.62. The Morgan fingerprint density at radius 3 is 2.73 bits per heavy atom. The van der Waals surface area contributed by atoms with Crippen molar-refractivity contribution >= 4 is 21.8 Å². The molecule has 0 spiro atoms. The maximum absolute atomic E-state index is 11.7. The van der Waals surface area contributed by atoms with Crippen LogP contribution in [0.2, 0.25) is 0 Å². The third-order valence-corrected chi connectivity index (χ3v) is 2.95. The second kappa shape index (κ2) is 5.30. The van der Waals surface area contributed by atoms with Crippen molar-refractivity contribution in [2.24, 2.45) is 13.0 Å².